The molecule has 5 heteroatoms. The first-order valence-electron chi connectivity index (χ1n) is 5.91. The van der Waals surface area contributed by atoms with Crippen LogP contribution in [0.2, 0.25) is 0 Å². The molecule has 0 bridgehead atoms. The van der Waals surface area contributed by atoms with Crippen LogP contribution in [0, 0.1) is 6.92 Å². The highest BCUT2D eigenvalue weighted by Gasteiger charge is 2.07. The number of nitrogens with zero attached hydrogens (tertiary/aromatic N) is 1. The van der Waals surface area contributed by atoms with Crippen molar-refractivity contribution in [2.75, 3.05) is 5.32 Å². The van der Waals surface area contributed by atoms with Crippen LogP contribution in [0.25, 0.3) is 0 Å². The highest BCUT2D eigenvalue weighted by Crippen LogP contribution is 2.22. The van der Waals surface area contributed by atoms with E-state index in [2.05, 4.69) is 10.3 Å². The van der Waals surface area contributed by atoms with E-state index in [1.165, 1.54) is 6.08 Å². The molecule has 1 amide bonds. The van der Waals surface area contributed by atoms with E-state index in [1.807, 2.05) is 13.0 Å². The molecule has 0 radical (unpaired) electrons. The summed E-state index contributed by atoms with van der Waals surface area (Å²) < 4.78 is 5.12. The van der Waals surface area contributed by atoms with Gasteiger partial charge in [-0.1, -0.05) is 24.3 Å². The van der Waals surface area contributed by atoms with Gasteiger partial charge >= 0.3 is 6.09 Å². The Bertz CT molecular complexity index is 662. The minimum Gasteiger partial charge on any atom is -0.410 e. The normalized spacial score (nSPS) is 9.45. The monoisotopic (exact) mass is 268 g/mol. The standard InChI is InChI=1S/C15H12N2O3/c1-11-7-8-12(16-10-18)9-14(11)17-15(19)20-13-5-3-2-4-6-13/h2-9H,1H3,(H,17,19). The maximum absolute atomic E-state index is 11.8. The summed E-state index contributed by atoms with van der Waals surface area (Å²) >= 11 is 0. The van der Waals surface area contributed by atoms with Crippen molar-refractivity contribution in [3.8, 4) is 5.75 Å². The lowest BCUT2D eigenvalue weighted by molar-refractivity contribution is 0.215. The number of hydrogen-bond acceptors (Lipinski definition) is 4. The summed E-state index contributed by atoms with van der Waals surface area (Å²) in [4.78, 5) is 25.5. The predicted molar refractivity (Wildman–Crippen MR) is 75.0 cm³/mol. The molecule has 2 rings (SSSR count). The molecular weight excluding hydrogens is 256 g/mol. The molecule has 0 aliphatic heterocycles. The molecule has 2 aromatic carbocycles. The quantitative estimate of drug-likeness (QED) is 0.683. The molecule has 0 atom stereocenters. The van der Waals surface area contributed by atoms with E-state index in [0.29, 0.717) is 17.1 Å². The Kier molecular flexibility index (Phi) is 4.27. The summed E-state index contributed by atoms with van der Waals surface area (Å²) in [5, 5.41) is 2.61. The zero-order valence-corrected chi connectivity index (χ0v) is 10.8. The number of isocyanates is 1. The SMILES string of the molecule is Cc1ccc(N=C=O)cc1NC(=O)Oc1ccccc1. The van der Waals surface area contributed by atoms with Gasteiger partial charge in [-0.2, -0.15) is 4.99 Å². The first-order chi connectivity index (χ1) is 9.69. The number of rotatable bonds is 3. The number of nitrogens with one attached hydrogen (secondary N) is 1. The van der Waals surface area contributed by atoms with Crippen LogP contribution in [-0.2, 0) is 4.79 Å². The second kappa shape index (κ2) is 6.31. The largest absolute Gasteiger partial charge is 0.417 e. The minimum atomic E-state index is -0.605. The van der Waals surface area contributed by atoms with Gasteiger partial charge in [0.15, 0.2) is 0 Å². The van der Waals surface area contributed by atoms with Crippen LogP contribution in [0.5, 0.6) is 5.75 Å². The number of carbonyl (C=O) groups is 1. The number of hydrogen-bond donors (Lipinski definition) is 1. The van der Waals surface area contributed by atoms with Crippen molar-refractivity contribution in [1.29, 1.82) is 0 Å². The molecule has 100 valence electrons. The highest BCUT2D eigenvalue weighted by molar-refractivity contribution is 5.88. The van der Waals surface area contributed by atoms with Gasteiger partial charge in [0, 0.05) is 5.69 Å². The maximum Gasteiger partial charge on any atom is 0.417 e. The van der Waals surface area contributed by atoms with Gasteiger partial charge < -0.3 is 4.74 Å². The number of amides is 1. The van der Waals surface area contributed by atoms with Crippen LogP contribution in [0.1, 0.15) is 5.56 Å². The molecule has 0 unspecified atom stereocenters. The van der Waals surface area contributed by atoms with Crippen molar-refractivity contribution in [2.24, 2.45) is 4.99 Å². The number of carbonyl (C=O) groups excluding carboxylic acids is 2. The number of benzene rings is 2. The average molecular weight is 268 g/mol. The molecule has 20 heavy (non-hydrogen) atoms. The zero-order valence-electron chi connectivity index (χ0n) is 10.8. The molecule has 0 saturated heterocycles. The number of ether oxygens (including phenoxy) is 1. The van der Waals surface area contributed by atoms with Gasteiger partial charge in [-0.3, -0.25) is 5.32 Å². The van der Waals surface area contributed by atoms with Crippen molar-refractivity contribution in [1.82, 2.24) is 0 Å². The van der Waals surface area contributed by atoms with Crippen LogP contribution >= 0.6 is 0 Å². The molecule has 0 aliphatic carbocycles. The predicted octanol–water partition coefficient (Wildman–Crippen LogP) is 3.57. The van der Waals surface area contributed by atoms with Crippen molar-refractivity contribution < 1.29 is 14.3 Å². The third-order valence-corrected chi connectivity index (χ3v) is 2.59. The molecule has 0 heterocycles. The summed E-state index contributed by atoms with van der Waals surface area (Å²) in [6, 6.07) is 13.7. The van der Waals surface area contributed by atoms with Crippen LogP contribution in [0.3, 0.4) is 0 Å². The lowest BCUT2D eigenvalue weighted by atomic mass is 10.2. The Morgan fingerprint density at radius 2 is 1.95 bits per heavy atom. The number of anilines is 1. The molecule has 0 spiro atoms. The summed E-state index contributed by atoms with van der Waals surface area (Å²) in [6.45, 7) is 1.83. The fourth-order valence-corrected chi connectivity index (χ4v) is 1.60. The van der Waals surface area contributed by atoms with Crippen molar-refractivity contribution in [3.05, 3.63) is 54.1 Å². The Labute approximate surface area is 115 Å². The summed E-state index contributed by atoms with van der Waals surface area (Å²) in [7, 11) is 0. The van der Waals surface area contributed by atoms with Crippen LogP contribution in [-0.4, -0.2) is 12.2 Å². The Hall–Kier alpha value is -2.91. The Balaban J connectivity index is 2.11. The molecule has 5 nitrogen and oxygen atoms in total. The second-order valence-electron chi connectivity index (χ2n) is 4.03. The van der Waals surface area contributed by atoms with Gasteiger partial charge in [0.25, 0.3) is 0 Å². The molecule has 0 aliphatic rings. The first-order valence-corrected chi connectivity index (χ1v) is 5.91. The van der Waals surface area contributed by atoms with Gasteiger partial charge in [0.05, 0.1) is 5.69 Å². The fourth-order valence-electron chi connectivity index (χ4n) is 1.60. The lowest BCUT2D eigenvalue weighted by Crippen LogP contribution is -2.17. The van der Waals surface area contributed by atoms with Crippen LogP contribution in [0.4, 0.5) is 16.2 Å². The third-order valence-electron chi connectivity index (χ3n) is 2.59. The fraction of sp³-hybridized carbons (Fsp3) is 0.0667. The Morgan fingerprint density at radius 3 is 2.65 bits per heavy atom. The van der Waals surface area contributed by atoms with E-state index in [9.17, 15) is 9.59 Å². The molecule has 0 saturated carbocycles. The molecule has 0 aromatic heterocycles. The highest BCUT2D eigenvalue weighted by atomic mass is 16.6. The zero-order chi connectivity index (χ0) is 14.4. The summed E-state index contributed by atoms with van der Waals surface area (Å²) in [5.74, 6) is 0.449. The second-order valence-corrected chi connectivity index (χ2v) is 4.03. The van der Waals surface area contributed by atoms with E-state index in [1.54, 1.807) is 42.5 Å². The minimum absolute atomic E-state index is 0.417. The van der Waals surface area contributed by atoms with Crippen molar-refractivity contribution in [2.45, 2.75) is 6.92 Å². The average Bonchev–Trinajstić information content (AvgIpc) is 2.44. The van der Waals surface area contributed by atoms with Gasteiger partial charge in [0.1, 0.15) is 5.75 Å². The number of para-hydroxylation sites is 1. The maximum atomic E-state index is 11.8. The van der Waals surface area contributed by atoms with E-state index in [-0.39, 0.29) is 0 Å². The van der Waals surface area contributed by atoms with Crippen LogP contribution in [0.15, 0.2) is 53.5 Å². The van der Waals surface area contributed by atoms with E-state index in [0.717, 1.165) is 5.56 Å². The van der Waals surface area contributed by atoms with Gasteiger partial charge in [0.2, 0.25) is 6.08 Å². The number of aliphatic imine (C=N–C) groups is 1. The summed E-state index contributed by atoms with van der Waals surface area (Å²) in [5.41, 5.74) is 1.78. The molecule has 1 N–H and O–H groups in total. The van der Waals surface area contributed by atoms with E-state index in [4.69, 9.17) is 4.74 Å². The smallest absolute Gasteiger partial charge is 0.410 e. The summed E-state index contributed by atoms with van der Waals surface area (Å²) in [6.07, 6.45) is 0.850. The number of aryl methyl sites for hydroxylation is 1. The van der Waals surface area contributed by atoms with Gasteiger partial charge in [-0.15, -0.1) is 0 Å². The van der Waals surface area contributed by atoms with Gasteiger partial charge in [-0.05, 0) is 36.8 Å². The van der Waals surface area contributed by atoms with Crippen LogP contribution < -0.4 is 10.1 Å². The molecule has 2 aromatic rings. The molecular formula is C15H12N2O3. The van der Waals surface area contributed by atoms with E-state index < -0.39 is 6.09 Å². The first kappa shape index (κ1) is 13.5. The lowest BCUT2D eigenvalue weighted by Gasteiger charge is -2.09. The third kappa shape index (κ3) is 3.54. The van der Waals surface area contributed by atoms with Gasteiger partial charge in [-0.25, -0.2) is 9.59 Å². The molecule has 0 fully saturated rings. The Morgan fingerprint density at radius 1 is 1.20 bits per heavy atom. The van der Waals surface area contributed by atoms with Crippen molar-refractivity contribution in [3.63, 3.8) is 0 Å². The topological polar surface area (TPSA) is 67.8 Å². The van der Waals surface area contributed by atoms with Crippen molar-refractivity contribution >= 4 is 23.5 Å². The van der Waals surface area contributed by atoms with E-state index >= 15 is 0 Å².